The molecular formula is C16H25NO5S. The summed E-state index contributed by atoms with van der Waals surface area (Å²) in [7, 11) is -1.94. The third kappa shape index (κ3) is 5.46. The Morgan fingerprint density at radius 3 is 2.87 bits per heavy atom. The van der Waals surface area contributed by atoms with Gasteiger partial charge in [-0.3, -0.25) is 0 Å². The van der Waals surface area contributed by atoms with E-state index in [1.165, 1.54) is 0 Å². The Morgan fingerprint density at radius 1 is 1.39 bits per heavy atom. The minimum atomic E-state index is -3.50. The molecule has 1 aromatic rings. The Bertz CT molecular complexity index is 596. The molecule has 1 aliphatic heterocycles. The highest BCUT2D eigenvalue weighted by molar-refractivity contribution is 7.89. The standard InChI is InChI=1S/C16H25NO5S/c1-13-11-15(6-7-16(13)20-2)23(18,19)17-8-4-9-21-12-14-5-3-10-22-14/h6-7,11,14,17H,3-5,8-10,12H2,1-2H3/t14-/m0/s1. The van der Waals surface area contributed by atoms with Crippen molar-refractivity contribution in [2.75, 3.05) is 33.5 Å². The van der Waals surface area contributed by atoms with E-state index in [2.05, 4.69) is 4.72 Å². The average Bonchev–Trinajstić information content (AvgIpc) is 3.04. The number of benzene rings is 1. The Kier molecular flexibility index (Phi) is 6.83. The molecule has 1 heterocycles. The lowest BCUT2D eigenvalue weighted by atomic mass is 10.2. The summed E-state index contributed by atoms with van der Waals surface area (Å²) in [6.07, 6.45) is 2.97. The normalized spacial score (nSPS) is 18.3. The van der Waals surface area contributed by atoms with Crippen LogP contribution in [0.2, 0.25) is 0 Å². The molecule has 0 bridgehead atoms. The first-order chi connectivity index (χ1) is 11.0. The second-order valence-electron chi connectivity index (χ2n) is 5.59. The lowest BCUT2D eigenvalue weighted by Gasteiger charge is -2.11. The number of nitrogens with one attached hydrogen (secondary N) is 1. The number of rotatable bonds is 9. The molecule has 0 aliphatic carbocycles. The molecule has 7 heteroatoms. The topological polar surface area (TPSA) is 73.9 Å². The highest BCUT2D eigenvalue weighted by Crippen LogP contribution is 2.21. The summed E-state index contributed by atoms with van der Waals surface area (Å²) in [5.41, 5.74) is 0.787. The molecule has 0 unspecified atom stereocenters. The van der Waals surface area contributed by atoms with Gasteiger partial charge in [0, 0.05) is 19.8 Å². The van der Waals surface area contributed by atoms with Crippen molar-refractivity contribution in [2.24, 2.45) is 0 Å². The molecule has 1 atom stereocenters. The lowest BCUT2D eigenvalue weighted by Crippen LogP contribution is -2.26. The Hall–Kier alpha value is -1.15. The number of ether oxygens (including phenoxy) is 3. The first-order valence-electron chi connectivity index (χ1n) is 7.86. The SMILES string of the molecule is COc1ccc(S(=O)(=O)NCCCOC[C@@H]2CCCO2)cc1C. The molecule has 1 saturated heterocycles. The van der Waals surface area contributed by atoms with Crippen LogP contribution in [0.4, 0.5) is 0 Å². The predicted molar refractivity (Wildman–Crippen MR) is 87.3 cm³/mol. The molecule has 0 radical (unpaired) electrons. The van der Waals surface area contributed by atoms with Crippen LogP contribution in [-0.2, 0) is 19.5 Å². The summed E-state index contributed by atoms with van der Waals surface area (Å²) in [4.78, 5) is 0.246. The van der Waals surface area contributed by atoms with Gasteiger partial charge in [0.1, 0.15) is 5.75 Å². The molecule has 0 amide bonds. The number of aryl methyl sites for hydroxylation is 1. The van der Waals surface area contributed by atoms with Crippen molar-refractivity contribution < 1.29 is 22.6 Å². The van der Waals surface area contributed by atoms with Crippen molar-refractivity contribution in [2.45, 2.75) is 37.2 Å². The van der Waals surface area contributed by atoms with Crippen LogP contribution in [0.3, 0.4) is 0 Å². The largest absolute Gasteiger partial charge is 0.496 e. The molecule has 1 fully saturated rings. The van der Waals surface area contributed by atoms with Crippen molar-refractivity contribution >= 4 is 10.0 Å². The fourth-order valence-corrected chi connectivity index (χ4v) is 3.63. The van der Waals surface area contributed by atoms with Crippen molar-refractivity contribution in [1.82, 2.24) is 4.72 Å². The van der Waals surface area contributed by atoms with Gasteiger partial charge in [-0.05, 0) is 49.9 Å². The van der Waals surface area contributed by atoms with E-state index < -0.39 is 10.0 Å². The van der Waals surface area contributed by atoms with Crippen LogP contribution in [0.15, 0.2) is 23.1 Å². The Balaban J connectivity index is 1.72. The van der Waals surface area contributed by atoms with Crippen molar-refractivity contribution in [3.05, 3.63) is 23.8 Å². The van der Waals surface area contributed by atoms with E-state index in [-0.39, 0.29) is 11.0 Å². The van der Waals surface area contributed by atoms with Gasteiger partial charge in [0.2, 0.25) is 10.0 Å². The maximum absolute atomic E-state index is 12.2. The molecule has 6 nitrogen and oxygen atoms in total. The van der Waals surface area contributed by atoms with Gasteiger partial charge < -0.3 is 14.2 Å². The number of methoxy groups -OCH3 is 1. The van der Waals surface area contributed by atoms with E-state index >= 15 is 0 Å². The number of hydrogen-bond donors (Lipinski definition) is 1. The molecule has 1 N–H and O–H groups in total. The molecule has 0 aromatic heterocycles. The number of sulfonamides is 1. The molecule has 1 aromatic carbocycles. The van der Waals surface area contributed by atoms with Crippen molar-refractivity contribution in [1.29, 1.82) is 0 Å². The van der Waals surface area contributed by atoms with E-state index in [0.29, 0.717) is 31.9 Å². The van der Waals surface area contributed by atoms with Crippen LogP contribution in [0.5, 0.6) is 5.75 Å². The summed E-state index contributed by atoms with van der Waals surface area (Å²) >= 11 is 0. The van der Waals surface area contributed by atoms with Crippen LogP contribution in [0.25, 0.3) is 0 Å². The van der Waals surface area contributed by atoms with Crippen LogP contribution < -0.4 is 9.46 Å². The molecule has 130 valence electrons. The molecule has 23 heavy (non-hydrogen) atoms. The van der Waals surface area contributed by atoms with E-state index in [4.69, 9.17) is 14.2 Å². The van der Waals surface area contributed by atoms with Gasteiger partial charge in [0.25, 0.3) is 0 Å². The van der Waals surface area contributed by atoms with E-state index in [9.17, 15) is 8.42 Å². The summed E-state index contributed by atoms with van der Waals surface area (Å²) < 4.78 is 43.1. The maximum Gasteiger partial charge on any atom is 0.240 e. The van der Waals surface area contributed by atoms with E-state index in [1.54, 1.807) is 25.3 Å². The highest BCUT2D eigenvalue weighted by Gasteiger charge is 2.16. The molecule has 1 aliphatic rings. The molecular weight excluding hydrogens is 318 g/mol. The zero-order valence-electron chi connectivity index (χ0n) is 13.7. The van der Waals surface area contributed by atoms with Gasteiger partial charge in [-0.25, -0.2) is 13.1 Å². The first kappa shape index (κ1) is 18.2. The third-order valence-electron chi connectivity index (χ3n) is 3.76. The van der Waals surface area contributed by atoms with Gasteiger partial charge >= 0.3 is 0 Å². The highest BCUT2D eigenvalue weighted by atomic mass is 32.2. The minimum Gasteiger partial charge on any atom is -0.496 e. The average molecular weight is 343 g/mol. The van der Waals surface area contributed by atoms with Gasteiger partial charge in [0.05, 0.1) is 24.7 Å². The third-order valence-corrected chi connectivity index (χ3v) is 5.22. The van der Waals surface area contributed by atoms with E-state index in [1.807, 2.05) is 6.92 Å². The lowest BCUT2D eigenvalue weighted by molar-refractivity contribution is 0.0169. The smallest absolute Gasteiger partial charge is 0.240 e. The Labute approximate surface area is 138 Å². The van der Waals surface area contributed by atoms with Crippen LogP contribution in [0.1, 0.15) is 24.8 Å². The van der Waals surface area contributed by atoms with Gasteiger partial charge in [-0.2, -0.15) is 0 Å². The van der Waals surface area contributed by atoms with Crippen molar-refractivity contribution in [3.63, 3.8) is 0 Å². The monoisotopic (exact) mass is 343 g/mol. The first-order valence-corrected chi connectivity index (χ1v) is 9.35. The quantitative estimate of drug-likeness (QED) is 0.693. The maximum atomic E-state index is 12.2. The van der Waals surface area contributed by atoms with Crippen LogP contribution in [-0.4, -0.2) is 48.0 Å². The van der Waals surface area contributed by atoms with Crippen LogP contribution in [0, 0.1) is 6.92 Å². The zero-order chi connectivity index (χ0) is 16.7. The second kappa shape index (κ2) is 8.63. The predicted octanol–water partition coefficient (Wildman–Crippen LogP) is 1.87. The molecule has 0 spiro atoms. The summed E-state index contributed by atoms with van der Waals surface area (Å²) in [6.45, 7) is 4.08. The zero-order valence-corrected chi connectivity index (χ0v) is 14.5. The minimum absolute atomic E-state index is 0.203. The van der Waals surface area contributed by atoms with E-state index in [0.717, 1.165) is 25.0 Å². The second-order valence-corrected chi connectivity index (χ2v) is 7.36. The van der Waals surface area contributed by atoms with Crippen LogP contribution >= 0.6 is 0 Å². The molecule has 2 rings (SSSR count). The van der Waals surface area contributed by atoms with Gasteiger partial charge in [-0.15, -0.1) is 0 Å². The summed E-state index contributed by atoms with van der Waals surface area (Å²) in [6, 6.07) is 4.81. The summed E-state index contributed by atoms with van der Waals surface area (Å²) in [5.74, 6) is 0.673. The fraction of sp³-hybridized carbons (Fsp3) is 0.625. The van der Waals surface area contributed by atoms with Gasteiger partial charge in [0.15, 0.2) is 0 Å². The molecule has 0 saturated carbocycles. The summed E-state index contributed by atoms with van der Waals surface area (Å²) in [5, 5.41) is 0. The number of hydrogen-bond acceptors (Lipinski definition) is 5. The fourth-order valence-electron chi connectivity index (χ4n) is 2.47. The Morgan fingerprint density at radius 2 is 2.22 bits per heavy atom. The van der Waals surface area contributed by atoms with Crippen molar-refractivity contribution in [3.8, 4) is 5.75 Å². The van der Waals surface area contributed by atoms with Gasteiger partial charge in [-0.1, -0.05) is 0 Å².